The van der Waals surface area contributed by atoms with E-state index in [1.807, 2.05) is 35.2 Å². The van der Waals surface area contributed by atoms with Crippen LogP contribution in [0.4, 0.5) is 0 Å². The van der Waals surface area contributed by atoms with Crippen LogP contribution in [0.15, 0.2) is 51.7 Å². The highest BCUT2D eigenvalue weighted by molar-refractivity contribution is 5.90. The maximum absolute atomic E-state index is 13.5. The lowest BCUT2D eigenvalue weighted by molar-refractivity contribution is -0.133. The molecule has 1 unspecified atom stereocenters. The molecule has 1 aliphatic carbocycles. The number of phenolic OH excluding ortho intramolecular Hbond substituents is 2. The molecule has 0 radical (unpaired) electrons. The second-order valence-electron chi connectivity index (χ2n) is 10.3. The van der Waals surface area contributed by atoms with Crippen LogP contribution < -0.4 is 5.43 Å². The van der Waals surface area contributed by atoms with Gasteiger partial charge in [0.1, 0.15) is 28.2 Å². The van der Waals surface area contributed by atoms with Gasteiger partial charge in [-0.1, -0.05) is 49.6 Å². The number of aromatic hydroxyl groups is 2. The van der Waals surface area contributed by atoms with Gasteiger partial charge in [-0.3, -0.25) is 9.59 Å². The minimum atomic E-state index is -0.373. The van der Waals surface area contributed by atoms with Crippen LogP contribution in [-0.4, -0.2) is 59.1 Å². The Morgan fingerprint density at radius 2 is 1.69 bits per heavy atom. The third-order valence-electron chi connectivity index (χ3n) is 7.90. The number of rotatable bonds is 5. The monoisotopic (exact) mass is 490 g/mol. The number of carbonyl (C=O) groups excluding carboxylic acids is 1. The third-order valence-corrected chi connectivity index (χ3v) is 7.90. The number of nitrogens with zero attached hydrogens (tertiary/aromatic N) is 2. The lowest BCUT2D eigenvalue weighted by atomic mass is 9.74. The molecule has 2 aliphatic rings. The fourth-order valence-electron chi connectivity index (χ4n) is 5.84. The SMILES string of the molecule is CN1CCN(C(=O)CC(c2c(O)cc(O)c3c(=O)cc(-c4ccccc4)oc23)C2CCCCC2)CC1. The van der Waals surface area contributed by atoms with E-state index in [1.165, 1.54) is 12.1 Å². The Labute approximate surface area is 211 Å². The van der Waals surface area contributed by atoms with E-state index in [9.17, 15) is 19.8 Å². The van der Waals surface area contributed by atoms with Crippen LogP contribution >= 0.6 is 0 Å². The van der Waals surface area contributed by atoms with E-state index < -0.39 is 0 Å². The minimum Gasteiger partial charge on any atom is -0.507 e. The van der Waals surface area contributed by atoms with Crippen molar-refractivity contribution in [3.8, 4) is 22.8 Å². The minimum absolute atomic E-state index is 0.0512. The first kappa shape index (κ1) is 24.4. The number of carbonyl (C=O) groups is 1. The van der Waals surface area contributed by atoms with Crippen LogP contribution in [-0.2, 0) is 4.79 Å². The van der Waals surface area contributed by atoms with Crippen LogP contribution in [0.1, 0.15) is 50.0 Å². The quantitative estimate of drug-likeness (QED) is 0.539. The average molecular weight is 491 g/mol. The van der Waals surface area contributed by atoms with Gasteiger partial charge in [0.25, 0.3) is 0 Å². The zero-order valence-corrected chi connectivity index (χ0v) is 20.8. The molecule has 1 atom stereocenters. The zero-order valence-electron chi connectivity index (χ0n) is 20.8. The smallest absolute Gasteiger partial charge is 0.223 e. The van der Waals surface area contributed by atoms with Crippen LogP contribution in [0.3, 0.4) is 0 Å². The molecular formula is C29H34N2O5. The number of amides is 1. The summed E-state index contributed by atoms with van der Waals surface area (Å²) in [5.74, 6) is -0.148. The van der Waals surface area contributed by atoms with Crippen LogP contribution in [0.2, 0.25) is 0 Å². The van der Waals surface area contributed by atoms with Gasteiger partial charge < -0.3 is 24.4 Å². The Bertz CT molecular complexity index is 1290. The van der Waals surface area contributed by atoms with Crippen molar-refractivity contribution in [2.45, 2.75) is 44.4 Å². The number of hydrogen-bond acceptors (Lipinski definition) is 6. The molecule has 36 heavy (non-hydrogen) atoms. The van der Waals surface area contributed by atoms with E-state index in [4.69, 9.17) is 4.42 Å². The van der Waals surface area contributed by atoms with E-state index in [0.29, 0.717) is 24.4 Å². The van der Waals surface area contributed by atoms with Crippen LogP contribution in [0, 0.1) is 5.92 Å². The van der Waals surface area contributed by atoms with Gasteiger partial charge in [-0.25, -0.2) is 0 Å². The molecule has 2 aromatic carbocycles. The third kappa shape index (κ3) is 4.85. The second-order valence-corrected chi connectivity index (χ2v) is 10.3. The Morgan fingerprint density at radius 1 is 1.00 bits per heavy atom. The van der Waals surface area contributed by atoms with Crippen molar-refractivity contribution in [1.29, 1.82) is 0 Å². The molecule has 0 bridgehead atoms. The lowest BCUT2D eigenvalue weighted by Gasteiger charge is -2.35. The zero-order chi connectivity index (χ0) is 25.2. The summed E-state index contributed by atoms with van der Waals surface area (Å²) in [6.45, 7) is 3.04. The van der Waals surface area contributed by atoms with Gasteiger partial charge in [-0.15, -0.1) is 0 Å². The Kier molecular flexibility index (Phi) is 7.01. The van der Waals surface area contributed by atoms with E-state index in [-0.39, 0.29) is 52.1 Å². The summed E-state index contributed by atoms with van der Waals surface area (Å²) in [4.78, 5) is 30.8. The molecule has 7 nitrogen and oxygen atoms in total. The summed E-state index contributed by atoms with van der Waals surface area (Å²) in [7, 11) is 2.06. The average Bonchev–Trinajstić information content (AvgIpc) is 2.89. The number of benzene rings is 2. The molecule has 0 spiro atoms. The van der Waals surface area contributed by atoms with Crippen molar-refractivity contribution in [3.63, 3.8) is 0 Å². The molecule has 2 heterocycles. The predicted molar refractivity (Wildman–Crippen MR) is 139 cm³/mol. The molecule has 1 saturated carbocycles. The second kappa shape index (κ2) is 10.3. The summed E-state index contributed by atoms with van der Waals surface area (Å²) in [6, 6.07) is 11.9. The number of piperazine rings is 1. The van der Waals surface area contributed by atoms with Crippen molar-refractivity contribution in [3.05, 3.63) is 58.3 Å². The highest BCUT2D eigenvalue weighted by Gasteiger charge is 2.34. The summed E-state index contributed by atoms with van der Waals surface area (Å²) in [6.07, 6.45) is 5.43. The Balaban J connectivity index is 1.63. The van der Waals surface area contributed by atoms with Crippen molar-refractivity contribution in [2.75, 3.05) is 33.2 Å². The van der Waals surface area contributed by atoms with E-state index in [0.717, 1.165) is 50.8 Å². The van der Waals surface area contributed by atoms with Gasteiger partial charge in [0.05, 0.1) is 0 Å². The predicted octanol–water partition coefficient (Wildman–Crippen LogP) is 4.70. The van der Waals surface area contributed by atoms with Crippen molar-refractivity contribution < 1.29 is 19.4 Å². The van der Waals surface area contributed by atoms with Gasteiger partial charge in [-0.05, 0) is 25.8 Å². The van der Waals surface area contributed by atoms with Gasteiger partial charge in [0.15, 0.2) is 5.43 Å². The molecule has 1 aliphatic heterocycles. The summed E-state index contributed by atoms with van der Waals surface area (Å²) in [5.41, 5.74) is 1.00. The fraction of sp³-hybridized carbons (Fsp3) is 0.448. The van der Waals surface area contributed by atoms with Gasteiger partial charge in [0, 0.05) is 61.8 Å². The number of fused-ring (bicyclic) bond motifs is 1. The highest BCUT2D eigenvalue weighted by Crippen LogP contribution is 2.46. The number of phenols is 2. The standard InChI is InChI=1S/C29H34N2O5/c1-30-12-14-31(15-13-30)26(35)16-21(19-8-4-2-5-9-19)27-22(32)17-23(33)28-24(34)18-25(36-29(27)28)20-10-6-3-7-11-20/h3,6-7,10-11,17-19,21,32-33H,2,4-5,8-9,12-16H2,1H3. The number of hydrogen-bond donors (Lipinski definition) is 2. The van der Waals surface area contributed by atoms with Gasteiger partial charge in [-0.2, -0.15) is 0 Å². The van der Waals surface area contributed by atoms with E-state index in [1.54, 1.807) is 0 Å². The molecule has 3 aromatic rings. The molecule has 2 fully saturated rings. The van der Waals surface area contributed by atoms with Crippen LogP contribution in [0.25, 0.3) is 22.3 Å². The fourth-order valence-corrected chi connectivity index (χ4v) is 5.84. The summed E-state index contributed by atoms with van der Waals surface area (Å²) < 4.78 is 6.28. The first-order valence-electron chi connectivity index (χ1n) is 13.0. The Morgan fingerprint density at radius 3 is 2.39 bits per heavy atom. The Hall–Kier alpha value is -3.32. The maximum Gasteiger partial charge on any atom is 0.223 e. The van der Waals surface area contributed by atoms with Crippen molar-refractivity contribution in [2.24, 2.45) is 5.92 Å². The molecule has 2 N–H and O–H groups in total. The molecule has 1 amide bonds. The summed E-state index contributed by atoms with van der Waals surface area (Å²) in [5, 5.41) is 21.8. The largest absolute Gasteiger partial charge is 0.507 e. The molecule has 1 saturated heterocycles. The first-order chi connectivity index (χ1) is 17.4. The molecule has 5 rings (SSSR count). The van der Waals surface area contributed by atoms with E-state index in [2.05, 4.69) is 11.9 Å². The lowest BCUT2D eigenvalue weighted by Crippen LogP contribution is -2.47. The topological polar surface area (TPSA) is 94.2 Å². The molecule has 190 valence electrons. The van der Waals surface area contributed by atoms with Crippen LogP contribution in [0.5, 0.6) is 11.5 Å². The van der Waals surface area contributed by atoms with Gasteiger partial charge in [0.2, 0.25) is 5.91 Å². The normalized spacial score (nSPS) is 18.4. The van der Waals surface area contributed by atoms with Gasteiger partial charge >= 0.3 is 0 Å². The van der Waals surface area contributed by atoms with Crippen molar-refractivity contribution in [1.82, 2.24) is 9.80 Å². The molecule has 7 heteroatoms. The summed E-state index contributed by atoms with van der Waals surface area (Å²) >= 11 is 0. The van der Waals surface area contributed by atoms with E-state index >= 15 is 0 Å². The maximum atomic E-state index is 13.5. The molecule has 1 aromatic heterocycles. The van der Waals surface area contributed by atoms with Crippen molar-refractivity contribution >= 4 is 16.9 Å². The highest BCUT2D eigenvalue weighted by atomic mass is 16.3. The molecular weight excluding hydrogens is 456 g/mol. The number of likely N-dealkylation sites (N-methyl/N-ethyl adjacent to an activating group) is 1. The first-order valence-corrected chi connectivity index (χ1v) is 13.0.